The van der Waals surface area contributed by atoms with E-state index in [-0.39, 0.29) is 40.6 Å². The number of halogens is 3. The monoisotopic (exact) mass is 485 g/mol. The molecule has 1 aromatic carbocycles. The minimum atomic E-state index is -1.07. The number of rotatable bonds is 7. The van der Waals surface area contributed by atoms with Crippen molar-refractivity contribution in [3.8, 4) is 17.2 Å². The molecule has 2 heterocycles. The molecule has 1 saturated heterocycles. The van der Waals surface area contributed by atoms with Crippen molar-refractivity contribution < 1.29 is 28.9 Å². The number of aromatic hydroxyl groups is 1. The number of hydrogen-bond acceptors (Lipinski definition) is 6. The van der Waals surface area contributed by atoms with E-state index in [0.717, 1.165) is 0 Å². The highest BCUT2D eigenvalue weighted by molar-refractivity contribution is 6.38. The van der Waals surface area contributed by atoms with Crippen LogP contribution in [0.3, 0.4) is 0 Å². The number of carboxylic acids is 1. The molecule has 1 aliphatic heterocycles. The molecular formula is C21H22Cl2FN3O5. The summed E-state index contributed by atoms with van der Waals surface area (Å²) in [6.07, 6.45) is 0.957. The first kappa shape index (κ1) is 23.9. The summed E-state index contributed by atoms with van der Waals surface area (Å²) in [6, 6.07) is 3.61. The molecule has 1 aliphatic rings. The number of carbonyl (C=O) groups excluding carboxylic acids is 1. The highest BCUT2D eigenvalue weighted by atomic mass is 35.5. The summed E-state index contributed by atoms with van der Waals surface area (Å²) in [5, 5.41) is 21.2. The van der Waals surface area contributed by atoms with E-state index < -0.39 is 28.9 Å². The van der Waals surface area contributed by atoms with Gasteiger partial charge in [-0.15, -0.1) is 0 Å². The standard InChI is InChI=1S/C21H22Cl2FN3O5/c1-10(2)12-8-11(5-6-14(12)28)32-18-16(22)19(24)26-20(17(18)23)25-9-15(29)27-7-3-4-13(27)21(30)31/h5-6,8,10,13,28H,3-4,7,9H2,1-2H3,(H,25,26)(H,30,31). The Hall–Kier alpha value is -2.78. The molecule has 32 heavy (non-hydrogen) atoms. The molecule has 0 saturated carbocycles. The third-order valence-corrected chi connectivity index (χ3v) is 5.78. The van der Waals surface area contributed by atoms with E-state index in [1.807, 2.05) is 13.8 Å². The van der Waals surface area contributed by atoms with Crippen molar-refractivity contribution in [2.75, 3.05) is 18.4 Å². The van der Waals surface area contributed by atoms with Crippen LogP contribution in [0.25, 0.3) is 0 Å². The van der Waals surface area contributed by atoms with Crippen LogP contribution in [0, 0.1) is 5.95 Å². The largest absolute Gasteiger partial charge is 0.508 e. The number of hydrogen-bond donors (Lipinski definition) is 3. The van der Waals surface area contributed by atoms with Crippen LogP contribution in [-0.4, -0.2) is 51.1 Å². The van der Waals surface area contributed by atoms with Crippen LogP contribution < -0.4 is 10.1 Å². The summed E-state index contributed by atoms with van der Waals surface area (Å²) < 4.78 is 20.0. The first-order chi connectivity index (χ1) is 15.1. The maximum absolute atomic E-state index is 14.4. The van der Waals surface area contributed by atoms with Crippen molar-refractivity contribution in [2.24, 2.45) is 0 Å². The zero-order valence-electron chi connectivity index (χ0n) is 17.4. The van der Waals surface area contributed by atoms with Crippen molar-refractivity contribution in [3.05, 3.63) is 39.8 Å². The second-order valence-electron chi connectivity index (χ2n) is 7.62. The van der Waals surface area contributed by atoms with Crippen LogP contribution in [0.15, 0.2) is 18.2 Å². The number of nitrogens with zero attached hydrogens (tertiary/aromatic N) is 2. The average Bonchev–Trinajstić information content (AvgIpc) is 3.24. The topological polar surface area (TPSA) is 112 Å². The molecule has 1 atom stereocenters. The molecule has 1 amide bonds. The molecule has 0 bridgehead atoms. The number of carboxylic acid groups (broad SMARTS) is 1. The fraction of sp³-hybridized carbons (Fsp3) is 0.381. The van der Waals surface area contributed by atoms with Gasteiger partial charge < -0.3 is 25.2 Å². The second kappa shape index (κ2) is 9.79. The van der Waals surface area contributed by atoms with Crippen LogP contribution in [0.5, 0.6) is 17.2 Å². The Labute approximate surface area is 193 Å². The number of ether oxygens (including phenoxy) is 1. The second-order valence-corrected chi connectivity index (χ2v) is 8.38. The van der Waals surface area contributed by atoms with Crippen molar-refractivity contribution in [1.29, 1.82) is 0 Å². The van der Waals surface area contributed by atoms with E-state index in [1.165, 1.54) is 17.0 Å². The average molecular weight is 486 g/mol. The molecule has 2 aromatic rings. The summed E-state index contributed by atoms with van der Waals surface area (Å²) >= 11 is 12.3. The molecule has 172 valence electrons. The van der Waals surface area contributed by atoms with Gasteiger partial charge in [-0.1, -0.05) is 37.0 Å². The Balaban J connectivity index is 1.82. The number of carbonyl (C=O) groups is 2. The van der Waals surface area contributed by atoms with Crippen molar-refractivity contribution in [3.63, 3.8) is 0 Å². The quantitative estimate of drug-likeness (QED) is 0.489. The predicted octanol–water partition coefficient (Wildman–Crippen LogP) is 4.64. The molecule has 8 nitrogen and oxygen atoms in total. The van der Waals surface area contributed by atoms with Gasteiger partial charge in [0.1, 0.15) is 27.6 Å². The highest BCUT2D eigenvalue weighted by Crippen LogP contribution is 2.42. The van der Waals surface area contributed by atoms with Crippen LogP contribution in [-0.2, 0) is 9.59 Å². The fourth-order valence-corrected chi connectivity index (χ4v) is 3.93. The van der Waals surface area contributed by atoms with E-state index >= 15 is 0 Å². The number of pyridine rings is 1. The normalized spacial score (nSPS) is 15.8. The van der Waals surface area contributed by atoms with Gasteiger partial charge in [0.25, 0.3) is 0 Å². The maximum Gasteiger partial charge on any atom is 0.326 e. The van der Waals surface area contributed by atoms with E-state index in [1.54, 1.807) is 6.07 Å². The summed E-state index contributed by atoms with van der Waals surface area (Å²) in [6.45, 7) is 3.76. The maximum atomic E-state index is 14.4. The van der Waals surface area contributed by atoms with E-state index in [4.69, 9.17) is 27.9 Å². The lowest BCUT2D eigenvalue weighted by Gasteiger charge is -2.22. The number of phenolic OH excluding ortho intramolecular Hbond substituents is 1. The number of likely N-dealkylation sites (tertiary alicyclic amines) is 1. The lowest BCUT2D eigenvalue weighted by molar-refractivity contribution is -0.147. The molecule has 1 aromatic heterocycles. The van der Waals surface area contributed by atoms with Gasteiger partial charge in [0.05, 0.1) is 6.54 Å². The SMILES string of the molecule is CC(C)c1cc(Oc2c(Cl)c(F)nc(NCC(=O)N3CCCC3C(=O)O)c2Cl)ccc1O. The minimum Gasteiger partial charge on any atom is -0.508 e. The van der Waals surface area contributed by atoms with Crippen LogP contribution in [0.4, 0.5) is 10.2 Å². The Morgan fingerprint density at radius 1 is 1.34 bits per heavy atom. The number of nitrogens with one attached hydrogen (secondary N) is 1. The first-order valence-corrected chi connectivity index (χ1v) is 10.7. The molecule has 0 radical (unpaired) electrons. The zero-order chi connectivity index (χ0) is 23.6. The van der Waals surface area contributed by atoms with Crippen molar-refractivity contribution >= 4 is 40.9 Å². The number of amides is 1. The van der Waals surface area contributed by atoms with Crippen LogP contribution >= 0.6 is 23.2 Å². The zero-order valence-corrected chi connectivity index (χ0v) is 18.9. The Kier molecular flexibility index (Phi) is 7.30. The molecule has 0 spiro atoms. The van der Waals surface area contributed by atoms with Crippen molar-refractivity contribution in [1.82, 2.24) is 9.88 Å². The van der Waals surface area contributed by atoms with E-state index in [0.29, 0.717) is 24.9 Å². The van der Waals surface area contributed by atoms with E-state index in [9.17, 15) is 24.2 Å². The Bertz CT molecular complexity index is 1050. The summed E-state index contributed by atoms with van der Waals surface area (Å²) in [5.41, 5.74) is 0.617. The van der Waals surface area contributed by atoms with Crippen LogP contribution in [0.2, 0.25) is 10.0 Å². The van der Waals surface area contributed by atoms with Crippen molar-refractivity contribution in [2.45, 2.75) is 38.6 Å². The fourth-order valence-electron chi connectivity index (χ4n) is 3.46. The Morgan fingerprint density at radius 3 is 2.72 bits per heavy atom. The van der Waals surface area contributed by atoms with Gasteiger partial charge in [0.2, 0.25) is 11.9 Å². The van der Waals surface area contributed by atoms with Crippen LogP contribution in [0.1, 0.15) is 38.2 Å². The lowest BCUT2D eigenvalue weighted by atomic mass is 10.0. The number of phenols is 1. The molecule has 1 unspecified atom stereocenters. The van der Waals surface area contributed by atoms with E-state index in [2.05, 4.69) is 10.3 Å². The molecular weight excluding hydrogens is 464 g/mol. The van der Waals surface area contributed by atoms with Gasteiger partial charge in [-0.2, -0.15) is 9.37 Å². The summed E-state index contributed by atoms with van der Waals surface area (Å²) in [5.74, 6) is -2.64. The smallest absolute Gasteiger partial charge is 0.326 e. The number of aliphatic carboxylic acids is 1. The third-order valence-electron chi connectivity index (χ3n) is 5.10. The molecule has 0 aliphatic carbocycles. The van der Waals surface area contributed by atoms with Gasteiger partial charge in [0, 0.05) is 12.1 Å². The van der Waals surface area contributed by atoms with Gasteiger partial charge in [-0.25, -0.2) is 4.79 Å². The van der Waals surface area contributed by atoms with Gasteiger partial charge in [0.15, 0.2) is 11.6 Å². The highest BCUT2D eigenvalue weighted by Gasteiger charge is 2.33. The summed E-state index contributed by atoms with van der Waals surface area (Å²) in [4.78, 5) is 28.6. The molecule has 1 fully saturated rings. The molecule has 3 N–H and O–H groups in total. The molecule has 11 heteroatoms. The predicted molar refractivity (Wildman–Crippen MR) is 117 cm³/mol. The number of benzene rings is 1. The number of anilines is 1. The van der Waals surface area contributed by atoms with Gasteiger partial charge in [-0.3, -0.25) is 4.79 Å². The van der Waals surface area contributed by atoms with Gasteiger partial charge >= 0.3 is 5.97 Å². The Morgan fingerprint density at radius 2 is 2.06 bits per heavy atom. The lowest BCUT2D eigenvalue weighted by Crippen LogP contribution is -2.43. The minimum absolute atomic E-state index is 0.00197. The summed E-state index contributed by atoms with van der Waals surface area (Å²) in [7, 11) is 0. The molecule has 3 rings (SSSR count). The third kappa shape index (κ3) is 4.99. The number of aromatic nitrogens is 1. The van der Waals surface area contributed by atoms with Gasteiger partial charge in [-0.05, 0) is 37.0 Å². The first-order valence-electron chi connectivity index (χ1n) is 9.91.